The molecule has 1 aliphatic heterocycles. The van der Waals surface area contributed by atoms with Crippen molar-refractivity contribution in [1.82, 2.24) is 5.43 Å². The zero-order valence-electron chi connectivity index (χ0n) is 12.4. The number of fused-ring (bicyclic) bond motifs is 1. The normalized spacial score (nSPS) is 15.4. The molecule has 0 radical (unpaired) electrons. The number of benzene rings is 1. The molecule has 0 unspecified atom stereocenters. The van der Waals surface area contributed by atoms with Crippen molar-refractivity contribution in [3.8, 4) is 5.75 Å². The molecule has 24 heavy (non-hydrogen) atoms. The summed E-state index contributed by atoms with van der Waals surface area (Å²) < 4.78 is 41.4. The first-order chi connectivity index (χ1) is 11.3. The Hall–Kier alpha value is -2.07. The summed E-state index contributed by atoms with van der Waals surface area (Å²) in [6.07, 6.45) is -1.60. The second-order valence-corrected chi connectivity index (χ2v) is 5.98. The molecule has 0 aliphatic carbocycles. The number of nitrogens with zero attached hydrogens (tertiary/aromatic N) is 2. The van der Waals surface area contributed by atoms with Crippen LogP contribution >= 0.6 is 24.0 Å². The standard InChI is InChI=1S/C14H12F3N3O2S2/c1-3-6-20-10-5-4-8(22-14(15,16)17)7-9(10)11(12(20)21)18-19-13(23)24-2/h3-5,7H,1,6H2,2H3,(H,19,23). The van der Waals surface area contributed by atoms with Gasteiger partial charge in [0.25, 0.3) is 5.91 Å². The molecular weight excluding hydrogens is 363 g/mol. The Morgan fingerprint density at radius 3 is 2.83 bits per heavy atom. The fourth-order valence-corrected chi connectivity index (χ4v) is 2.24. The monoisotopic (exact) mass is 375 g/mol. The van der Waals surface area contributed by atoms with Crippen molar-refractivity contribution in [2.75, 3.05) is 17.7 Å². The maximum Gasteiger partial charge on any atom is 0.573 e. The number of hydrazone groups is 1. The first-order valence-electron chi connectivity index (χ1n) is 6.51. The van der Waals surface area contributed by atoms with E-state index in [4.69, 9.17) is 12.2 Å². The highest BCUT2D eigenvalue weighted by atomic mass is 32.2. The lowest BCUT2D eigenvalue weighted by atomic mass is 10.1. The highest BCUT2D eigenvalue weighted by Gasteiger charge is 2.36. The van der Waals surface area contributed by atoms with Crippen molar-refractivity contribution < 1.29 is 22.7 Å². The molecule has 5 nitrogen and oxygen atoms in total. The molecule has 0 fully saturated rings. The predicted octanol–water partition coefficient (Wildman–Crippen LogP) is 3.06. The van der Waals surface area contributed by atoms with Crippen molar-refractivity contribution in [3.05, 3.63) is 36.4 Å². The van der Waals surface area contributed by atoms with Gasteiger partial charge in [-0.05, 0) is 24.5 Å². The SMILES string of the molecule is C=CCN1C(=O)C(=NNC(=S)SC)c2cc(OC(F)(F)F)ccc21. The lowest BCUT2D eigenvalue weighted by Gasteiger charge is -2.14. The summed E-state index contributed by atoms with van der Waals surface area (Å²) in [6, 6.07) is 3.62. The second-order valence-electron chi connectivity index (χ2n) is 4.49. The number of anilines is 1. The van der Waals surface area contributed by atoms with E-state index >= 15 is 0 Å². The zero-order valence-corrected chi connectivity index (χ0v) is 14.0. The number of amides is 1. The highest BCUT2D eigenvalue weighted by molar-refractivity contribution is 8.22. The van der Waals surface area contributed by atoms with Crippen molar-refractivity contribution in [3.63, 3.8) is 0 Å². The van der Waals surface area contributed by atoms with E-state index in [9.17, 15) is 18.0 Å². The summed E-state index contributed by atoms with van der Waals surface area (Å²) in [5, 5.41) is 3.93. The molecular formula is C14H12F3N3O2S2. The van der Waals surface area contributed by atoms with E-state index in [0.29, 0.717) is 10.0 Å². The second kappa shape index (κ2) is 7.22. The van der Waals surface area contributed by atoms with Gasteiger partial charge in [-0.1, -0.05) is 30.1 Å². The fourth-order valence-electron chi connectivity index (χ4n) is 2.06. The molecule has 0 aromatic heterocycles. The van der Waals surface area contributed by atoms with Gasteiger partial charge in [0.15, 0.2) is 10.0 Å². The maximum absolute atomic E-state index is 12.4. The molecule has 1 aromatic carbocycles. The fraction of sp³-hybridized carbons (Fsp3) is 0.214. The van der Waals surface area contributed by atoms with E-state index in [-0.39, 0.29) is 17.8 Å². The third-order valence-corrected chi connectivity index (χ3v) is 4.00. The van der Waals surface area contributed by atoms with Crippen LogP contribution in [0.4, 0.5) is 18.9 Å². The van der Waals surface area contributed by atoms with Gasteiger partial charge >= 0.3 is 6.36 Å². The topological polar surface area (TPSA) is 53.9 Å². The Kier molecular flexibility index (Phi) is 5.50. The molecule has 0 saturated carbocycles. The molecule has 10 heteroatoms. The quantitative estimate of drug-likeness (QED) is 0.498. The summed E-state index contributed by atoms with van der Waals surface area (Å²) in [7, 11) is 0. The molecule has 0 bridgehead atoms. The van der Waals surface area contributed by atoms with Crippen molar-refractivity contribution in [2.24, 2.45) is 5.10 Å². The van der Waals surface area contributed by atoms with Crippen LogP contribution in [0.2, 0.25) is 0 Å². The van der Waals surface area contributed by atoms with Crippen LogP contribution < -0.4 is 15.1 Å². The molecule has 1 aliphatic rings. The van der Waals surface area contributed by atoms with Crippen LogP contribution in [-0.4, -0.2) is 35.1 Å². The number of thiocarbonyl (C=S) groups is 1. The molecule has 0 saturated heterocycles. The summed E-state index contributed by atoms with van der Waals surface area (Å²) in [4.78, 5) is 13.8. The molecule has 1 heterocycles. The van der Waals surface area contributed by atoms with Crippen LogP contribution in [-0.2, 0) is 4.79 Å². The van der Waals surface area contributed by atoms with Crippen LogP contribution in [0.3, 0.4) is 0 Å². The van der Waals surface area contributed by atoms with Gasteiger partial charge in [-0.15, -0.1) is 19.8 Å². The Morgan fingerprint density at radius 1 is 1.54 bits per heavy atom. The van der Waals surface area contributed by atoms with Crippen LogP contribution in [0, 0.1) is 0 Å². The minimum absolute atomic E-state index is 0.0455. The number of hydrogen-bond donors (Lipinski definition) is 1. The van der Waals surface area contributed by atoms with Crippen LogP contribution in [0.25, 0.3) is 0 Å². The van der Waals surface area contributed by atoms with Gasteiger partial charge in [0.05, 0.1) is 5.69 Å². The average Bonchev–Trinajstić information content (AvgIpc) is 2.75. The van der Waals surface area contributed by atoms with Gasteiger partial charge in [-0.2, -0.15) is 5.10 Å². The molecule has 1 aromatic rings. The van der Waals surface area contributed by atoms with Gasteiger partial charge in [-0.3, -0.25) is 10.2 Å². The number of alkyl halides is 3. The number of rotatable bonds is 4. The third kappa shape index (κ3) is 4.06. The van der Waals surface area contributed by atoms with Gasteiger partial charge in [-0.25, -0.2) is 0 Å². The largest absolute Gasteiger partial charge is 0.573 e. The molecule has 0 atom stereocenters. The number of halogens is 3. The van der Waals surface area contributed by atoms with Gasteiger partial charge in [0, 0.05) is 12.1 Å². The first kappa shape index (κ1) is 18.3. The Balaban J connectivity index is 2.44. The molecule has 1 N–H and O–H groups in total. The minimum atomic E-state index is -4.83. The molecule has 128 valence electrons. The van der Waals surface area contributed by atoms with E-state index in [1.54, 1.807) is 6.26 Å². The summed E-state index contributed by atoms with van der Waals surface area (Å²) >= 11 is 6.15. The number of hydrogen-bond acceptors (Lipinski definition) is 5. The van der Waals surface area contributed by atoms with E-state index in [1.165, 1.54) is 28.8 Å². The van der Waals surface area contributed by atoms with Crippen molar-refractivity contribution in [2.45, 2.75) is 6.36 Å². The van der Waals surface area contributed by atoms with Crippen LogP contribution in [0.15, 0.2) is 36.0 Å². The third-order valence-electron chi connectivity index (χ3n) is 2.95. The Labute approximate surface area is 145 Å². The maximum atomic E-state index is 12.4. The molecule has 2 rings (SSSR count). The van der Waals surface area contributed by atoms with E-state index < -0.39 is 18.0 Å². The van der Waals surface area contributed by atoms with Crippen molar-refractivity contribution >= 4 is 45.6 Å². The lowest BCUT2D eigenvalue weighted by Crippen LogP contribution is -2.31. The number of carbonyl (C=O) groups is 1. The van der Waals surface area contributed by atoms with Crippen LogP contribution in [0.5, 0.6) is 5.75 Å². The van der Waals surface area contributed by atoms with Gasteiger partial charge < -0.3 is 9.64 Å². The molecule has 0 spiro atoms. The lowest BCUT2D eigenvalue weighted by molar-refractivity contribution is -0.274. The van der Waals surface area contributed by atoms with Gasteiger partial charge in [0.1, 0.15) is 5.75 Å². The number of carbonyl (C=O) groups excluding carboxylic acids is 1. The predicted molar refractivity (Wildman–Crippen MR) is 91.5 cm³/mol. The van der Waals surface area contributed by atoms with Crippen LogP contribution in [0.1, 0.15) is 5.56 Å². The van der Waals surface area contributed by atoms with E-state index in [2.05, 4.69) is 21.8 Å². The Morgan fingerprint density at radius 2 is 2.25 bits per heavy atom. The number of thioether (sulfide) groups is 1. The first-order valence-corrected chi connectivity index (χ1v) is 8.14. The average molecular weight is 375 g/mol. The van der Waals surface area contributed by atoms with E-state index in [1.807, 2.05) is 0 Å². The molecule has 1 amide bonds. The van der Waals surface area contributed by atoms with Gasteiger partial charge in [0.2, 0.25) is 0 Å². The smallest absolute Gasteiger partial charge is 0.406 e. The summed E-state index contributed by atoms with van der Waals surface area (Å²) in [6.45, 7) is 3.75. The summed E-state index contributed by atoms with van der Waals surface area (Å²) in [5.74, 6) is -0.903. The highest BCUT2D eigenvalue weighted by Crippen LogP contribution is 2.34. The van der Waals surface area contributed by atoms with E-state index in [0.717, 1.165) is 12.1 Å². The summed E-state index contributed by atoms with van der Waals surface area (Å²) in [5.41, 5.74) is 3.12. The zero-order chi connectivity index (χ0) is 17.9. The Bertz CT molecular complexity index is 720. The number of nitrogens with one attached hydrogen (secondary N) is 1. The minimum Gasteiger partial charge on any atom is -0.406 e. The van der Waals surface area contributed by atoms with Crippen molar-refractivity contribution in [1.29, 1.82) is 0 Å². The number of ether oxygens (including phenoxy) is 1.